The summed E-state index contributed by atoms with van der Waals surface area (Å²) in [5.41, 5.74) is 5.72. The predicted molar refractivity (Wildman–Crippen MR) is 147 cm³/mol. The number of aliphatic hydroxyl groups excluding tert-OH is 4. The second-order valence-electron chi connectivity index (χ2n) is 9.66. The number of nitrogen functional groups attached to an aromatic ring is 1. The highest BCUT2D eigenvalue weighted by molar-refractivity contribution is 7.53. The highest BCUT2D eigenvalue weighted by Crippen LogP contribution is 2.47. The van der Waals surface area contributed by atoms with E-state index in [9.17, 15) is 38.9 Å². The highest BCUT2D eigenvalue weighted by Gasteiger charge is 2.53. The van der Waals surface area contributed by atoms with Crippen LogP contribution in [0.1, 0.15) is 12.5 Å². The zero-order chi connectivity index (χ0) is 32.7. The minimum absolute atomic E-state index is 0.0338. The van der Waals surface area contributed by atoms with Crippen molar-refractivity contribution in [2.24, 2.45) is 0 Å². The maximum atomic E-state index is 12.2. The van der Waals surface area contributed by atoms with Gasteiger partial charge in [0.2, 0.25) is 0 Å². The van der Waals surface area contributed by atoms with Crippen molar-refractivity contribution >= 4 is 52.9 Å². The summed E-state index contributed by atoms with van der Waals surface area (Å²) in [5, 5.41) is 41.7. The second-order valence-corrected chi connectivity index (χ2v) is 12.8. The van der Waals surface area contributed by atoms with Crippen LogP contribution < -0.4 is 11.3 Å². The number of fused-ring (bicyclic) bond motifs is 2. The molecule has 0 amide bonds. The van der Waals surface area contributed by atoms with Gasteiger partial charge in [-0.05, 0) is 0 Å². The van der Waals surface area contributed by atoms with Gasteiger partial charge in [0.25, 0.3) is 5.56 Å². The number of anilines is 1. The first-order chi connectivity index (χ1) is 22.0. The number of aromatic nitrogens is 8. The zero-order valence-corrected chi connectivity index (χ0v) is 25.4. The lowest BCUT2D eigenvalue weighted by molar-refractivity contribution is -0.0477. The van der Waals surface area contributed by atoms with Crippen LogP contribution in [0.15, 0.2) is 30.1 Å². The number of hydrogen-bond donors (Lipinski definition) is 6. The summed E-state index contributed by atoms with van der Waals surface area (Å²) in [6, 6.07) is 0. The molecule has 0 saturated carbocycles. The lowest BCUT2D eigenvalue weighted by Gasteiger charge is -2.16. The number of ether oxygens (including phenoxy) is 2. The summed E-state index contributed by atoms with van der Waals surface area (Å²) in [5.74, 6) is 0.0862. The SMILES string of the molecule is Nc1ncnc2c1ncn2[C@H]1O[C@@H](CO[P+](=O)O[P+](=O)O[P+](=O)OC[C@H]2O[C@@H](n3cnc4c(=O)[nH]cnc43)[C@H](O)[C@@H]2O)[C@H](O)[C@@H]1O. The molecule has 26 heteroatoms. The summed E-state index contributed by atoms with van der Waals surface area (Å²) < 4.78 is 69.0. The van der Waals surface area contributed by atoms with Gasteiger partial charge in [0.15, 0.2) is 43.7 Å². The van der Waals surface area contributed by atoms with E-state index in [4.69, 9.17) is 24.3 Å². The van der Waals surface area contributed by atoms with Gasteiger partial charge in [0.05, 0.1) is 19.0 Å². The number of hydrogen-bond acceptors (Lipinski definition) is 20. The first kappa shape index (κ1) is 32.5. The van der Waals surface area contributed by atoms with E-state index in [2.05, 4.69) is 38.5 Å². The molecule has 7 N–H and O–H groups in total. The molecule has 23 nitrogen and oxygen atoms in total. The van der Waals surface area contributed by atoms with Crippen LogP contribution >= 0.6 is 24.8 Å². The first-order valence-electron chi connectivity index (χ1n) is 12.9. The Balaban J connectivity index is 0.956. The van der Waals surface area contributed by atoms with Crippen LogP contribution in [-0.4, -0.2) is 109 Å². The number of nitrogens with one attached hydrogen (secondary N) is 1. The van der Waals surface area contributed by atoms with E-state index in [1.54, 1.807) is 0 Å². The molecule has 4 aromatic heterocycles. The third-order valence-electron chi connectivity index (χ3n) is 6.93. The van der Waals surface area contributed by atoms with Gasteiger partial charge in [0, 0.05) is 13.7 Å². The topological polar surface area (TPSA) is 321 Å². The molecule has 0 aromatic carbocycles. The third kappa shape index (κ3) is 6.29. The number of nitrogens with two attached hydrogens (primary N) is 1. The molecule has 2 aliphatic heterocycles. The van der Waals surface area contributed by atoms with Crippen molar-refractivity contribution in [1.82, 2.24) is 39.0 Å². The van der Waals surface area contributed by atoms with E-state index in [0.717, 1.165) is 6.33 Å². The summed E-state index contributed by atoms with van der Waals surface area (Å²) in [6.07, 6.45) is -6.24. The van der Waals surface area contributed by atoms with Crippen molar-refractivity contribution in [2.75, 3.05) is 18.9 Å². The van der Waals surface area contributed by atoms with Crippen LogP contribution in [0.25, 0.3) is 22.3 Å². The smallest absolute Gasteiger partial charge is 0.387 e. The van der Waals surface area contributed by atoms with Crippen molar-refractivity contribution in [3.05, 3.63) is 35.7 Å². The van der Waals surface area contributed by atoms with Gasteiger partial charge in [-0.15, -0.1) is 9.05 Å². The molecular weight excluding hydrogens is 683 g/mol. The first-order valence-corrected chi connectivity index (χ1v) is 16.2. The molecule has 0 spiro atoms. The summed E-state index contributed by atoms with van der Waals surface area (Å²) >= 11 is 0. The molecular formula is C20H23N9O14P3+3. The molecule has 2 saturated heterocycles. The molecule has 0 bridgehead atoms. The molecule has 46 heavy (non-hydrogen) atoms. The summed E-state index contributed by atoms with van der Waals surface area (Å²) in [4.78, 5) is 34.0. The van der Waals surface area contributed by atoms with Crippen molar-refractivity contribution in [2.45, 2.75) is 49.1 Å². The number of aliphatic hydroxyl groups is 4. The number of rotatable bonds is 12. The number of H-pyrrole nitrogens is 1. The molecule has 6 heterocycles. The Morgan fingerprint density at radius 3 is 1.85 bits per heavy atom. The Bertz CT molecular complexity index is 1860. The standard InChI is InChI=1S/C20H22N9O14P3/c21-15-9-16(23-3-22-15)28(5-26-9)19-13(32)11(30)7(40-19)1-38-44(35)42-46(37)43-45(36)39-2-8-12(31)14(33)20(41-8)29-6-27-10-17(29)24-4-25-18(10)34/h3-8,11-14,19-20,30-33H,1-2H2,(H2-,21,22,23,24,25,34)/q+2/p+1/t7-,8+,11-,12+,13-,14+,19-,20+/m0/s1. The Hall–Kier alpha value is -3.40. The molecule has 0 aliphatic carbocycles. The fourth-order valence-electron chi connectivity index (χ4n) is 4.74. The van der Waals surface area contributed by atoms with Crippen molar-refractivity contribution in [1.29, 1.82) is 0 Å². The zero-order valence-electron chi connectivity index (χ0n) is 22.8. The van der Waals surface area contributed by atoms with Gasteiger partial charge in [-0.25, -0.2) is 24.9 Å². The lowest BCUT2D eigenvalue weighted by atomic mass is 10.1. The van der Waals surface area contributed by atoms with Crippen LogP contribution in [0.5, 0.6) is 0 Å². The fourth-order valence-corrected chi connectivity index (χ4v) is 6.91. The predicted octanol–water partition coefficient (Wildman–Crippen LogP) is -1.18. The summed E-state index contributed by atoms with van der Waals surface area (Å²) in [7, 11) is -9.70. The van der Waals surface area contributed by atoms with Crippen LogP contribution in [0.3, 0.4) is 0 Å². The average molecular weight is 706 g/mol. The molecule has 0 radical (unpaired) electrons. The maximum Gasteiger partial charge on any atom is 0.798 e. The third-order valence-corrected chi connectivity index (χ3v) is 9.78. The van der Waals surface area contributed by atoms with Crippen molar-refractivity contribution in [3.8, 4) is 0 Å². The minimum atomic E-state index is -3.33. The van der Waals surface area contributed by atoms with E-state index in [-0.39, 0.29) is 28.1 Å². The average Bonchev–Trinajstić information content (AvgIpc) is 3.78. The number of imidazole rings is 2. The van der Waals surface area contributed by atoms with E-state index in [1.807, 2.05) is 0 Å². The molecule has 6 rings (SSSR count). The normalized spacial score (nSPS) is 29.1. The van der Waals surface area contributed by atoms with E-state index in [1.165, 1.54) is 28.1 Å². The molecule has 244 valence electrons. The monoisotopic (exact) mass is 706 g/mol. The van der Waals surface area contributed by atoms with Crippen LogP contribution in [-0.2, 0) is 40.8 Å². The van der Waals surface area contributed by atoms with Crippen molar-refractivity contribution < 1.29 is 61.3 Å². The number of nitrogens with zero attached hydrogens (tertiary/aromatic N) is 7. The Labute approximate surface area is 257 Å². The van der Waals surface area contributed by atoms with Gasteiger partial charge < -0.3 is 40.6 Å². The lowest BCUT2D eigenvalue weighted by Crippen LogP contribution is -2.33. The quantitative estimate of drug-likeness (QED) is 0.0944. The minimum Gasteiger partial charge on any atom is -0.387 e. The summed E-state index contributed by atoms with van der Waals surface area (Å²) in [6.45, 7) is -1.22. The van der Waals surface area contributed by atoms with Crippen LogP contribution in [0.4, 0.5) is 5.82 Å². The Morgan fingerprint density at radius 1 is 0.761 bits per heavy atom. The van der Waals surface area contributed by atoms with Gasteiger partial charge in [-0.2, -0.15) is 0 Å². The molecule has 2 fully saturated rings. The highest BCUT2D eigenvalue weighted by atomic mass is 31.2. The van der Waals surface area contributed by atoms with Gasteiger partial charge >= 0.3 is 24.8 Å². The van der Waals surface area contributed by atoms with Crippen LogP contribution in [0, 0.1) is 0 Å². The molecule has 4 aromatic rings. The Kier molecular flexibility index (Phi) is 9.46. The van der Waals surface area contributed by atoms with Gasteiger partial charge in [-0.3, -0.25) is 13.9 Å². The fraction of sp³-hybridized carbons (Fsp3) is 0.500. The van der Waals surface area contributed by atoms with Crippen molar-refractivity contribution in [3.63, 3.8) is 0 Å². The largest absolute Gasteiger partial charge is 0.798 e. The second kappa shape index (κ2) is 13.4. The van der Waals surface area contributed by atoms with Gasteiger partial charge in [0.1, 0.15) is 61.7 Å². The molecule has 2 aliphatic rings. The van der Waals surface area contributed by atoms with E-state index >= 15 is 0 Å². The molecule has 3 unspecified atom stereocenters. The van der Waals surface area contributed by atoms with Crippen LogP contribution in [0.2, 0.25) is 0 Å². The van der Waals surface area contributed by atoms with E-state index in [0.29, 0.717) is 0 Å². The van der Waals surface area contributed by atoms with Gasteiger partial charge in [-0.1, -0.05) is 0 Å². The maximum absolute atomic E-state index is 12.2. The number of aromatic amines is 1. The van der Waals surface area contributed by atoms with E-state index < -0.39 is 92.6 Å². The molecule has 11 atom stereocenters. The Morgan fingerprint density at radius 2 is 1.28 bits per heavy atom.